The lowest BCUT2D eigenvalue weighted by Crippen LogP contribution is -2.45. The highest BCUT2D eigenvalue weighted by Crippen LogP contribution is 2.60. The lowest BCUT2D eigenvalue weighted by atomic mass is 9.81. The molecule has 4 rings (SSSR count). The Balaban J connectivity index is 1.34. The molecular weight excluding hydrogens is 536 g/mol. The number of esters is 1. The van der Waals surface area contributed by atoms with E-state index in [0.29, 0.717) is 11.4 Å². The number of rotatable bonds is 6. The summed E-state index contributed by atoms with van der Waals surface area (Å²) in [6.07, 6.45) is 0.816. The van der Waals surface area contributed by atoms with E-state index in [1.165, 1.54) is 6.92 Å². The van der Waals surface area contributed by atoms with Crippen LogP contribution >= 0.6 is 31.9 Å². The molecule has 1 aliphatic heterocycles. The Hall–Kier alpha value is -1.94. The van der Waals surface area contributed by atoms with E-state index in [0.717, 1.165) is 11.3 Å². The number of carbonyl (C=O) groups excluding carboxylic acids is 4. The smallest absolute Gasteiger partial charge is 0.329 e. The van der Waals surface area contributed by atoms with E-state index in [9.17, 15) is 19.2 Å². The molecule has 8 nitrogen and oxygen atoms in total. The van der Waals surface area contributed by atoms with Gasteiger partial charge in [0, 0.05) is 15.3 Å². The van der Waals surface area contributed by atoms with Crippen LogP contribution in [0.4, 0.5) is 5.69 Å². The van der Waals surface area contributed by atoms with E-state index in [4.69, 9.17) is 9.47 Å². The third-order valence-corrected chi connectivity index (χ3v) is 9.68. The Bertz CT molecular complexity index is 891. The van der Waals surface area contributed by atoms with Crippen molar-refractivity contribution in [3.05, 3.63) is 24.3 Å². The molecule has 2 bridgehead atoms. The van der Waals surface area contributed by atoms with Crippen molar-refractivity contribution in [3.8, 4) is 5.75 Å². The monoisotopic (exact) mass is 556 g/mol. The Kier molecular flexibility index (Phi) is 6.13. The molecule has 1 aromatic rings. The van der Waals surface area contributed by atoms with Gasteiger partial charge in [0.05, 0.1) is 18.9 Å². The number of nitrogens with one attached hydrogen (secondary N) is 1. The van der Waals surface area contributed by atoms with Crippen molar-refractivity contribution >= 4 is 61.2 Å². The molecule has 0 unspecified atom stereocenters. The van der Waals surface area contributed by atoms with Crippen molar-refractivity contribution in [2.75, 3.05) is 19.0 Å². The van der Waals surface area contributed by atoms with Crippen LogP contribution in [0.2, 0.25) is 0 Å². The molecule has 10 heteroatoms. The number of carbonyl (C=O) groups is 4. The van der Waals surface area contributed by atoms with Crippen molar-refractivity contribution in [1.82, 2.24) is 4.90 Å². The molecule has 166 valence electrons. The first-order chi connectivity index (χ1) is 14.7. The molecule has 1 saturated heterocycles. The molecule has 1 aromatic carbocycles. The molecule has 1 heterocycles. The molecule has 1 N–H and O–H groups in total. The van der Waals surface area contributed by atoms with Gasteiger partial charge in [0.1, 0.15) is 11.8 Å². The summed E-state index contributed by atoms with van der Waals surface area (Å²) >= 11 is 7.27. The highest BCUT2D eigenvalue weighted by Gasteiger charge is 2.67. The fourth-order valence-corrected chi connectivity index (χ4v) is 6.86. The van der Waals surface area contributed by atoms with Crippen LogP contribution in [0, 0.1) is 23.7 Å². The van der Waals surface area contributed by atoms with Gasteiger partial charge in [-0.2, -0.15) is 0 Å². The van der Waals surface area contributed by atoms with Crippen molar-refractivity contribution in [2.45, 2.75) is 29.0 Å². The van der Waals surface area contributed by atoms with Crippen LogP contribution in [0.5, 0.6) is 5.75 Å². The van der Waals surface area contributed by atoms with Gasteiger partial charge < -0.3 is 14.8 Å². The van der Waals surface area contributed by atoms with Crippen LogP contribution < -0.4 is 10.1 Å². The van der Waals surface area contributed by atoms with Gasteiger partial charge in [0.2, 0.25) is 11.8 Å². The predicted octanol–water partition coefficient (Wildman–Crippen LogP) is 2.34. The molecule has 0 aromatic heterocycles. The lowest BCUT2D eigenvalue weighted by Gasteiger charge is -2.28. The number of nitrogens with zero attached hydrogens (tertiary/aromatic N) is 1. The van der Waals surface area contributed by atoms with Crippen molar-refractivity contribution in [1.29, 1.82) is 0 Å². The van der Waals surface area contributed by atoms with Gasteiger partial charge in [0.15, 0.2) is 6.61 Å². The highest BCUT2D eigenvalue weighted by molar-refractivity contribution is 9.12. The zero-order chi connectivity index (χ0) is 22.4. The summed E-state index contributed by atoms with van der Waals surface area (Å²) in [5, 5.41) is 2.61. The first kappa shape index (κ1) is 22.3. The van der Waals surface area contributed by atoms with Gasteiger partial charge in [-0.25, -0.2) is 4.79 Å². The Morgan fingerprint density at radius 2 is 1.65 bits per heavy atom. The maximum atomic E-state index is 13.0. The quantitative estimate of drug-likeness (QED) is 0.327. The van der Waals surface area contributed by atoms with Crippen LogP contribution in [-0.2, 0) is 23.9 Å². The van der Waals surface area contributed by atoms with Crippen LogP contribution in [0.3, 0.4) is 0 Å². The summed E-state index contributed by atoms with van der Waals surface area (Å²) in [7, 11) is 1.54. The molecule has 3 amide bonds. The van der Waals surface area contributed by atoms with Crippen LogP contribution in [0.1, 0.15) is 13.3 Å². The van der Waals surface area contributed by atoms with Crippen molar-refractivity contribution < 1.29 is 28.7 Å². The number of anilines is 1. The van der Waals surface area contributed by atoms with Gasteiger partial charge in [0.25, 0.3) is 5.91 Å². The van der Waals surface area contributed by atoms with Gasteiger partial charge in [-0.1, -0.05) is 31.9 Å². The number of ether oxygens (including phenoxy) is 2. The minimum absolute atomic E-state index is 0.0688. The SMILES string of the molecule is COc1ccc(NC(=O)COC(=O)[C@H](C)N2C(=O)[C@@H]3[C@H]4C[C@@H]([C@H](Br)[C@H]4Br)[C@@H]3C2=O)cc1. The molecular formula is C21H22Br2N2O6. The average Bonchev–Trinajstić information content (AvgIpc) is 3.37. The number of methoxy groups -OCH3 is 1. The van der Waals surface area contributed by atoms with E-state index in [2.05, 4.69) is 37.2 Å². The number of benzene rings is 1. The van der Waals surface area contributed by atoms with E-state index in [-0.39, 0.29) is 33.3 Å². The molecule has 31 heavy (non-hydrogen) atoms. The zero-order valence-electron chi connectivity index (χ0n) is 16.9. The third kappa shape index (κ3) is 3.77. The van der Waals surface area contributed by atoms with Crippen LogP contribution in [0.25, 0.3) is 0 Å². The van der Waals surface area contributed by atoms with E-state index in [1.807, 2.05) is 0 Å². The molecule has 2 aliphatic carbocycles. The second kappa shape index (κ2) is 8.54. The molecule has 3 fully saturated rings. The Morgan fingerprint density at radius 3 is 2.16 bits per heavy atom. The number of likely N-dealkylation sites (tertiary alicyclic amines) is 1. The molecule has 0 radical (unpaired) electrons. The Morgan fingerprint density at radius 1 is 1.10 bits per heavy atom. The summed E-state index contributed by atoms with van der Waals surface area (Å²) in [5.74, 6) is -1.97. The zero-order valence-corrected chi connectivity index (χ0v) is 20.1. The first-order valence-electron chi connectivity index (χ1n) is 10.00. The maximum absolute atomic E-state index is 13.0. The van der Waals surface area contributed by atoms with Gasteiger partial charge in [-0.15, -0.1) is 0 Å². The number of alkyl halides is 2. The lowest BCUT2D eigenvalue weighted by molar-refractivity contribution is -0.159. The fourth-order valence-electron chi connectivity index (χ4n) is 4.99. The summed E-state index contributed by atoms with van der Waals surface area (Å²) in [5.41, 5.74) is 0.525. The summed E-state index contributed by atoms with van der Waals surface area (Å²) < 4.78 is 10.1. The van der Waals surface area contributed by atoms with Gasteiger partial charge in [-0.05, 0) is 49.4 Å². The van der Waals surface area contributed by atoms with Gasteiger partial charge in [-0.3, -0.25) is 19.3 Å². The number of amides is 3. The molecule has 2 saturated carbocycles. The number of hydrogen-bond acceptors (Lipinski definition) is 6. The largest absolute Gasteiger partial charge is 0.497 e. The topological polar surface area (TPSA) is 102 Å². The standard InChI is InChI=1S/C21H22Br2N2O6/c1-9(21(29)31-8-14(26)24-10-3-5-11(30-2)6-4-10)25-19(27)15-12-7-13(16(15)20(25)28)18(23)17(12)22/h3-6,9,12-13,15-18H,7-8H2,1-2H3,(H,24,26)/t9-,12+,13+,15-,16+,17-,18-/m0/s1. The second-order valence-electron chi connectivity index (χ2n) is 8.11. The number of halogens is 2. The summed E-state index contributed by atoms with van der Waals surface area (Å²) in [6.45, 7) is 0.941. The summed E-state index contributed by atoms with van der Waals surface area (Å²) in [4.78, 5) is 51.9. The van der Waals surface area contributed by atoms with E-state index >= 15 is 0 Å². The van der Waals surface area contributed by atoms with Crippen molar-refractivity contribution in [3.63, 3.8) is 0 Å². The third-order valence-electron chi connectivity index (χ3n) is 6.47. The second-order valence-corrected chi connectivity index (χ2v) is 10.2. The number of hydrogen-bond donors (Lipinski definition) is 1. The van der Waals surface area contributed by atoms with E-state index in [1.54, 1.807) is 31.4 Å². The van der Waals surface area contributed by atoms with E-state index < -0.39 is 36.4 Å². The minimum atomic E-state index is -1.08. The van der Waals surface area contributed by atoms with Gasteiger partial charge >= 0.3 is 5.97 Å². The summed E-state index contributed by atoms with van der Waals surface area (Å²) in [6, 6.07) is 5.61. The number of imide groups is 1. The first-order valence-corrected chi connectivity index (χ1v) is 11.8. The van der Waals surface area contributed by atoms with Crippen molar-refractivity contribution in [2.24, 2.45) is 23.7 Å². The van der Waals surface area contributed by atoms with Crippen LogP contribution in [-0.4, -0.2) is 58.0 Å². The highest BCUT2D eigenvalue weighted by atomic mass is 79.9. The molecule has 0 spiro atoms. The maximum Gasteiger partial charge on any atom is 0.329 e. The Labute approximate surface area is 196 Å². The minimum Gasteiger partial charge on any atom is -0.497 e. The molecule has 7 atom stereocenters. The number of fused-ring (bicyclic) bond motifs is 5. The normalized spacial score (nSPS) is 32.1. The predicted molar refractivity (Wildman–Crippen MR) is 118 cm³/mol. The average molecular weight is 558 g/mol. The van der Waals surface area contributed by atoms with Crippen LogP contribution in [0.15, 0.2) is 24.3 Å². The molecule has 3 aliphatic rings. The fraction of sp³-hybridized carbons (Fsp3) is 0.524.